The maximum absolute atomic E-state index is 11.0. The first kappa shape index (κ1) is 18.1. The number of carbonyl (C=O) groups excluding carboxylic acids is 1. The van der Waals surface area contributed by atoms with Gasteiger partial charge >= 0.3 is 0 Å². The molecule has 3 rings (SSSR count). The van der Waals surface area contributed by atoms with Crippen molar-refractivity contribution in [2.75, 3.05) is 0 Å². The van der Waals surface area contributed by atoms with Crippen molar-refractivity contribution in [2.45, 2.75) is 26.2 Å². The molecule has 0 aliphatic rings. The molecule has 0 aliphatic heterocycles. The Morgan fingerprint density at radius 1 is 1.00 bits per heavy atom. The first-order valence-corrected chi connectivity index (χ1v) is 8.90. The molecule has 132 valence electrons. The number of halogens is 1. The summed E-state index contributed by atoms with van der Waals surface area (Å²) in [7, 11) is 0. The van der Waals surface area contributed by atoms with E-state index in [-0.39, 0.29) is 12.3 Å². The molecule has 0 saturated carbocycles. The van der Waals surface area contributed by atoms with Crippen LogP contribution in [0.25, 0.3) is 11.4 Å². The number of aromatic nitrogens is 2. The molecule has 0 atom stereocenters. The number of benzene rings is 2. The van der Waals surface area contributed by atoms with Crippen molar-refractivity contribution in [3.63, 3.8) is 0 Å². The zero-order valence-corrected chi connectivity index (χ0v) is 15.3. The highest BCUT2D eigenvalue weighted by Crippen LogP contribution is 2.21. The number of nitrogens with zero attached hydrogens (tertiary/aromatic N) is 2. The molecule has 0 bridgehead atoms. The van der Waals surface area contributed by atoms with Gasteiger partial charge in [0, 0.05) is 28.4 Å². The topological polar surface area (TPSA) is 68.9 Å². The molecule has 1 amide bonds. The fourth-order valence-electron chi connectivity index (χ4n) is 2.77. The van der Waals surface area contributed by atoms with E-state index in [0.29, 0.717) is 17.3 Å². The molecular formula is C21H20ClN3O. The maximum Gasteiger partial charge on any atom is 0.221 e. The highest BCUT2D eigenvalue weighted by atomic mass is 35.5. The Hall–Kier alpha value is -2.72. The smallest absolute Gasteiger partial charge is 0.221 e. The van der Waals surface area contributed by atoms with Gasteiger partial charge in [-0.25, -0.2) is 9.97 Å². The molecule has 1 heterocycles. The van der Waals surface area contributed by atoms with Crippen LogP contribution in [0.3, 0.4) is 0 Å². The Bertz CT molecular complexity index is 923. The second-order valence-corrected chi connectivity index (χ2v) is 6.61. The summed E-state index contributed by atoms with van der Waals surface area (Å²) in [6.45, 7) is 2.08. The van der Waals surface area contributed by atoms with Crippen LogP contribution in [0.15, 0.2) is 54.6 Å². The van der Waals surface area contributed by atoms with Crippen molar-refractivity contribution < 1.29 is 4.79 Å². The lowest BCUT2D eigenvalue weighted by atomic mass is 10.0. The fourth-order valence-corrected chi connectivity index (χ4v) is 2.96. The van der Waals surface area contributed by atoms with Crippen LogP contribution in [0.5, 0.6) is 0 Å². The van der Waals surface area contributed by atoms with Gasteiger partial charge in [0.2, 0.25) is 5.91 Å². The molecule has 2 aromatic carbocycles. The number of primary amides is 1. The number of nitrogens with two attached hydrogens (primary N) is 1. The standard InChI is InChI=1S/C21H20ClN3O/c1-2-18-13-19(10-14-6-8-15(9-7-14)11-20(23)26)25-21(24-18)16-4-3-5-17(22)12-16/h3-9,12-13H,2,10-11H2,1H3,(H2,23,26). The van der Waals surface area contributed by atoms with Crippen LogP contribution in [0.2, 0.25) is 5.02 Å². The number of hydrogen-bond donors (Lipinski definition) is 1. The van der Waals surface area contributed by atoms with Gasteiger partial charge in [0.05, 0.1) is 6.42 Å². The lowest BCUT2D eigenvalue weighted by molar-refractivity contribution is -0.117. The van der Waals surface area contributed by atoms with E-state index in [4.69, 9.17) is 22.3 Å². The molecule has 4 nitrogen and oxygen atoms in total. The Kier molecular flexibility index (Phi) is 5.64. The SMILES string of the molecule is CCc1cc(Cc2ccc(CC(N)=O)cc2)nc(-c2cccc(Cl)c2)n1. The summed E-state index contributed by atoms with van der Waals surface area (Å²) in [5.41, 5.74) is 10.1. The largest absolute Gasteiger partial charge is 0.369 e. The minimum atomic E-state index is -0.327. The number of aryl methyl sites for hydroxylation is 1. The summed E-state index contributed by atoms with van der Waals surface area (Å²) in [5.74, 6) is 0.361. The van der Waals surface area contributed by atoms with E-state index in [1.165, 1.54) is 0 Å². The van der Waals surface area contributed by atoms with Crippen molar-refractivity contribution in [2.24, 2.45) is 5.73 Å². The normalized spacial score (nSPS) is 10.7. The number of carbonyl (C=O) groups is 1. The molecule has 2 N–H and O–H groups in total. The van der Waals surface area contributed by atoms with Crippen molar-refractivity contribution in [1.29, 1.82) is 0 Å². The van der Waals surface area contributed by atoms with Gasteiger partial charge in [0.25, 0.3) is 0 Å². The summed E-state index contributed by atoms with van der Waals surface area (Å²) < 4.78 is 0. The zero-order valence-electron chi connectivity index (χ0n) is 14.6. The Balaban J connectivity index is 1.87. The molecule has 0 fully saturated rings. The van der Waals surface area contributed by atoms with E-state index < -0.39 is 0 Å². The summed E-state index contributed by atoms with van der Waals surface area (Å²) in [6.07, 6.45) is 1.78. The molecule has 0 spiro atoms. The zero-order chi connectivity index (χ0) is 18.5. The Labute approximate surface area is 158 Å². The lowest BCUT2D eigenvalue weighted by Crippen LogP contribution is -2.13. The predicted octanol–water partition coefficient (Wildman–Crippen LogP) is 3.98. The van der Waals surface area contributed by atoms with Crippen molar-refractivity contribution in [3.8, 4) is 11.4 Å². The van der Waals surface area contributed by atoms with Crippen LogP contribution in [-0.2, 0) is 24.1 Å². The first-order chi connectivity index (χ1) is 12.5. The molecule has 0 unspecified atom stereocenters. The average Bonchev–Trinajstić information content (AvgIpc) is 2.62. The van der Waals surface area contributed by atoms with Gasteiger partial charge in [-0.05, 0) is 35.7 Å². The van der Waals surface area contributed by atoms with E-state index in [1.807, 2.05) is 54.6 Å². The van der Waals surface area contributed by atoms with E-state index in [1.54, 1.807) is 0 Å². The molecule has 0 radical (unpaired) electrons. The van der Waals surface area contributed by atoms with Gasteiger partial charge in [0.15, 0.2) is 5.82 Å². The van der Waals surface area contributed by atoms with Crippen LogP contribution in [0.4, 0.5) is 0 Å². The van der Waals surface area contributed by atoms with Crippen LogP contribution in [0.1, 0.15) is 29.4 Å². The minimum Gasteiger partial charge on any atom is -0.369 e. The number of rotatable bonds is 6. The van der Waals surface area contributed by atoms with E-state index in [0.717, 1.165) is 34.5 Å². The highest BCUT2D eigenvalue weighted by molar-refractivity contribution is 6.30. The van der Waals surface area contributed by atoms with E-state index >= 15 is 0 Å². The second-order valence-electron chi connectivity index (χ2n) is 6.17. The molecule has 0 aliphatic carbocycles. The van der Waals surface area contributed by atoms with Crippen LogP contribution in [0, 0.1) is 0 Å². The van der Waals surface area contributed by atoms with Gasteiger partial charge in [-0.15, -0.1) is 0 Å². The van der Waals surface area contributed by atoms with Gasteiger partial charge in [0.1, 0.15) is 0 Å². The highest BCUT2D eigenvalue weighted by Gasteiger charge is 2.08. The molecule has 0 saturated heterocycles. The molecule has 5 heteroatoms. The lowest BCUT2D eigenvalue weighted by Gasteiger charge is -2.08. The van der Waals surface area contributed by atoms with Gasteiger partial charge in [-0.3, -0.25) is 4.79 Å². The number of amides is 1. The Morgan fingerprint density at radius 3 is 2.35 bits per heavy atom. The first-order valence-electron chi connectivity index (χ1n) is 8.52. The predicted molar refractivity (Wildman–Crippen MR) is 104 cm³/mol. The third-order valence-corrected chi connectivity index (χ3v) is 4.30. The summed E-state index contributed by atoms with van der Waals surface area (Å²) in [5, 5.41) is 0.666. The third-order valence-electron chi connectivity index (χ3n) is 4.06. The summed E-state index contributed by atoms with van der Waals surface area (Å²) >= 11 is 6.10. The van der Waals surface area contributed by atoms with E-state index in [9.17, 15) is 4.79 Å². The minimum absolute atomic E-state index is 0.257. The number of hydrogen-bond acceptors (Lipinski definition) is 3. The van der Waals surface area contributed by atoms with Crippen molar-refractivity contribution >= 4 is 17.5 Å². The third kappa shape index (κ3) is 4.67. The molecule has 3 aromatic rings. The molecule has 1 aromatic heterocycles. The van der Waals surface area contributed by atoms with Crippen LogP contribution < -0.4 is 5.73 Å². The van der Waals surface area contributed by atoms with E-state index in [2.05, 4.69) is 11.9 Å². The summed E-state index contributed by atoms with van der Waals surface area (Å²) in [6, 6.07) is 17.5. The van der Waals surface area contributed by atoms with Crippen LogP contribution >= 0.6 is 11.6 Å². The van der Waals surface area contributed by atoms with Gasteiger partial charge in [-0.2, -0.15) is 0 Å². The van der Waals surface area contributed by atoms with Crippen LogP contribution in [-0.4, -0.2) is 15.9 Å². The fraction of sp³-hybridized carbons (Fsp3) is 0.190. The van der Waals surface area contributed by atoms with Gasteiger partial charge < -0.3 is 5.73 Å². The van der Waals surface area contributed by atoms with Crippen molar-refractivity contribution in [3.05, 3.63) is 82.1 Å². The average molecular weight is 366 g/mol. The molecule has 26 heavy (non-hydrogen) atoms. The second kappa shape index (κ2) is 8.11. The quantitative estimate of drug-likeness (QED) is 0.718. The molecular weight excluding hydrogens is 346 g/mol. The van der Waals surface area contributed by atoms with Crippen molar-refractivity contribution in [1.82, 2.24) is 9.97 Å². The Morgan fingerprint density at radius 2 is 1.69 bits per heavy atom. The van der Waals surface area contributed by atoms with Gasteiger partial charge in [-0.1, -0.05) is 54.9 Å². The maximum atomic E-state index is 11.0. The summed E-state index contributed by atoms with van der Waals surface area (Å²) in [4.78, 5) is 20.4. The monoisotopic (exact) mass is 365 g/mol.